The molecule has 0 radical (unpaired) electrons. The summed E-state index contributed by atoms with van der Waals surface area (Å²) in [6.45, 7) is 5.51. The second-order valence-electron chi connectivity index (χ2n) is 6.48. The SMILES string of the molecule is C[C@H](O)CN1CCN(C(=O)[C@H]2C[C@@H]2c2cccc(F)c2)CC1. The van der Waals surface area contributed by atoms with Crippen molar-refractivity contribution in [3.63, 3.8) is 0 Å². The Morgan fingerprint density at radius 1 is 1.36 bits per heavy atom. The minimum absolute atomic E-state index is 0.0186. The van der Waals surface area contributed by atoms with Gasteiger partial charge in [-0.25, -0.2) is 4.39 Å². The Kier molecular flexibility index (Phi) is 4.45. The minimum Gasteiger partial charge on any atom is -0.392 e. The van der Waals surface area contributed by atoms with Gasteiger partial charge in [-0.1, -0.05) is 12.1 Å². The molecule has 1 aromatic rings. The van der Waals surface area contributed by atoms with Gasteiger partial charge in [0.05, 0.1) is 6.10 Å². The number of benzene rings is 1. The highest BCUT2D eigenvalue weighted by Crippen LogP contribution is 2.48. The van der Waals surface area contributed by atoms with Gasteiger partial charge in [-0.05, 0) is 37.0 Å². The average molecular weight is 306 g/mol. The third-order valence-corrected chi connectivity index (χ3v) is 4.59. The topological polar surface area (TPSA) is 43.8 Å². The van der Waals surface area contributed by atoms with Crippen molar-refractivity contribution in [2.75, 3.05) is 32.7 Å². The quantitative estimate of drug-likeness (QED) is 0.916. The second-order valence-corrected chi connectivity index (χ2v) is 6.48. The molecular weight excluding hydrogens is 283 g/mol. The van der Waals surface area contributed by atoms with E-state index < -0.39 is 0 Å². The molecule has 2 fully saturated rings. The first-order valence-electron chi connectivity index (χ1n) is 7.99. The molecule has 1 heterocycles. The number of β-amino-alcohol motifs (C(OH)–C–C–N with tert-alkyl or cyclic N) is 1. The van der Waals surface area contributed by atoms with Crippen LogP contribution in [0.5, 0.6) is 0 Å². The summed E-state index contributed by atoms with van der Waals surface area (Å²) in [5.41, 5.74) is 0.936. The smallest absolute Gasteiger partial charge is 0.226 e. The number of carbonyl (C=O) groups excluding carboxylic acids is 1. The van der Waals surface area contributed by atoms with E-state index >= 15 is 0 Å². The second kappa shape index (κ2) is 6.34. The molecule has 1 amide bonds. The van der Waals surface area contributed by atoms with Gasteiger partial charge in [0.15, 0.2) is 0 Å². The van der Waals surface area contributed by atoms with E-state index in [1.807, 2.05) is 11.0 Å². The van der Waals surface area contributed by atoms with Gasteiger partial charge in [-0.3, -0.25) is 9.69 Å². The first kappa shape index (κ1) is 15.4. The molecular formula is C17H23FN2O2. The van der Waals surface area contributed by atoms with Crippen LogP contribution in [0.4, 0.5) is 4.39 Å². The Labute approximate surface area is 130 Å². The van der Waals surface area contributed by atoms with Gasteiger partial charge in [0, 0.05) is 38.6 Å². The van der Waals surface area contributed by atoms with E-state index in [4.69, 9.17) is 0 Å². The number of hydrogen-bond donors (Lipinski definition) is 1. The van der Waals surface area contributed by atoms with Gasteiger partial charge in [-0.15, -0.1) is 0 Å². The zero-order valence-electron chi connectivity index (χ0n) is 12.9. The van der Waals surface area contributed by atoms with Crippen molar-refractivity contribution < 1.29 is 14.3 Å². The number of halogens is 1. The molecule has 4 nitrogen and oxygen atoms in total. The maximum absolute atomic E-state index is 13.3. The number of rotatable bonds is 4. The summed E-state index contributed by atoms with van der Waals surface area (Å²) in [6, 6.07) is 6.59. The lowest BCUT2D eigenvalue weighted by atomic mass is 10.1. The third-order valence-electron chi connectivity index (χ3n) is 4.59. The Morgan fingerprint density at radius 3 is 2.73 bits per heavy atom. The molecule has 0 spiro atoms. The van der Waals surface area contributed by atoms with Crippen molar-refractivity contribution in [1.82, 2.24) is 9.80 Å². The Bertz CT molecular complexity index is 541. The lowest BCUT2D eigenvalue weighted by Gasteiger charge is -2.35. The van der Waals surface area contributed by atoms with E-state index in [1.54, 1.807) is 19.1 Å². The van der Waals surface area contributed by atoms with Gasteiger partial charge in [-0.2, -0.15) is 0 Å². The van der Waals surface area contributed by atoms with E-state index in [2.05, 4.69) is 4.90 Å². The van der Waals surface area contributed by atoms with Crippen molar-refractivity contribution in [3.8, 4) is 0 Å². The molecule has 0 unspecified atom stereocenters. The van der Waals surface area contributed by atoms with Crippen LogP contribution in [0.1, 0.15) is 24.8 Å². The van der Waals surface area contributed by atoms with Crippen molar-refractivity contribution in [3.05, 3.63) is 35.6 Å². The molecule has 120 valence electrons. The molecule has 1 N–H and O–H groups in total. The Morgan fingerprint density at radius 2 is 2.09 bits per heavy atom. The third kappa shape index (κ3) is 3.47. The zero-order valence-corrected chi connectivity index (χ0v) is 12.9. The van der Waals surface area contributed by atoms with Crippen LogP contribution in [-0.2, 0) is 4.79 Å². The highest BCUT2D eigenvalue weighted by atomic mass is 19.1. The summed E-state index contributed by atoms with van der Waals surface area (Å²) in [6.07, 6.45) is 0.499. The van der Waals surface area contributed by atoms with Crippen LogP contribution in [-0.4, -0.2) is 59.6 Å². The van der Waals surface area contributed by atoms with Crippen LogP contribution in [0.15, 0.2) is 24.3 Å². The summed E-state index contributed by atoms with van der Waals surface area (Å²) in [5, 5.41) is 9.41. The molecule has 1 saturated heterocycles. The molecule has 1 aliphatic heterocycles. The van der Waals surface area contributed by atoms with Gasteiger partial charge in [0.1, 0.15) is 5.82 Å². The van der Waals surface area contributed by atoms with Crippen molar-refractivity contribution in [1.29, 1.82) is 0 Å². The Hall–Kier alpha value is -1.46. The predicted octanol–water partition coefficient (Wildman–Crippen LogP) is 1.45. The van der Waals surface area contributed by atoms with E-state index in [0.717, 1.165) is 38.2 Å². The first-order valence-corrected chi connectivity index (χ1v) is 7.99. The first-order chi connectivity index (χ1) is 10.5. The lowest BCUT2D eigenvalue weighted by molar-refractivity contribution is -0.134. The molecule has 0 aromatic heterocycles. The number of nitrogens with zero attached hydrogens (tertiary/aromatic N) is 2. The number of hydrogen-bond acceptors (Lipinski definition) is 3. The van der Waals surface area contributed by atoms with Gasteiger partial charge < -0.3 is 10.0 Å². The van der Waals surface area contributed by atoms with E-state index in [9.17, 15) is 14.3 Å². The predicted molar refractivity (Wildman–Crippen MR) is 81.9 cm³/mol. The Balaban J connectivity index is 1.52. The number of aliphatic hydroxyl groups is 1. The number of amides is 1. The molecule has 2 aliphatic rings. The van der Waals surface area contributed by atoms with Crippen LogP contribution in [0.3, 0.4) is 0 Å². The normalized spacial score (nSPS) is 26.8. The molecule has 5 heteroatoms. The fourth-order valence-corrected chi connectivity index (χ4v) is 3.33. The van der Waals surface area contributed by atoms with Gasteiger partial charge in [0.2, 0.25) is 5.91 Å². The maximum atomic E-state index is 13.3. The number of piperazine rings is 1. The van der Waals surface area contributed by atoms with Gasteiger partial charge in [0.25, 0.3) is 0 Å². The highest BCUT2D eigenvalue weighted by molar-refractivity contribution is 5.83. The van der Waals surface area contributed by atoms with Crippen LogP contribution in [0.2, 0.25) is 0 Å². The van der Waals surface area contributed by atoms with E-state index in [0.29, 0.717) is 6.54 Å². The molecule has 1 aliphatic carbocycles. The largest absolute Gasteiger partial charge is 0.392 e. The van der Waals surface area contributed by atoms with Crippen molar-refractivity contribution in [2.45, 2.75) is 25.4 Å². The average Bonchev–Trinajstić information content (AvgIpc) is 3.27. The summed E-state index contributed by atoms with van der Waals surface area (Å²) in [7, 11) is 0. The lowest BCUT2D eigenvalue weighted by Crippen LogP contribution is -2.50. The molecule has 1 aromatic carbocycles. The maximum Gasteiger partial charge on any atom is 0.226 e. The van der Waals surface area contributed by atoms with Crippen LogP contribution >= 0.6 is 0 Å². The summed E-state index contributed by atoms with van der Waals surface area (Å²) in [5.74, 6) is 0.164. The van der Waals surface area contributed by atoms with Crippen LogP contribution < -0.4 is 0 Å². The van der Waals surface area contributed by atoms with Crippen LogP contribution in [0.25, 0.3) is 0 Å². The monoisotopic (exact) mass is 306 g/mol. The minimum atomic E-state index is -0.331. The number of carbonyl (C=O) groups is 1. The fourth-order valence-electron chi connectivity index (χ4n) is 3.33. The molecule has 3 rings (SSSR count). The van der Waals surface area contributed by atoms with Crippen LogP contribution in [0, 0.1) is 11.7 Å². The highest BCUT2D eigenvalue weighted by Gasteiger charge is 2.46. The molecule has 1 saturated carbocycles. The zero-order chi connectivity index (χ0) is 15.7. The number of aliphatic hydroxyl groups excluding tert-OH is 1. The van der Waals surface area contributed by atoms with E-state index in [1.165, 1.54) is 6.07 Å². The molecule has 3 atom stereocenters. The molecule has 22 heavy (non-hydrogen) atoms. The molecule has 0 bridgehead atoms. The van der Waals surface area contributed by atoms with Gasteiger partial charge >= 0.3 is 0 Å². The summed E-state index contributed by atoms with van der Waals surface area (Å²) in [4.78, 5) is 16.6. The summed E-state index contributed by atoms with van der Waals surface area (Å²) >= 11 is 0. The van der Waals surface area contributed by atoms with Crippen molar-refractivity contribution in [2.24, 2.45) is 5.92 Å². The standard InChI is InChI=1S/C17H23FN2O2/c1-12(21)11-19-5-7-20(8-6-19)17(22)16-10-15(16)13-3-2-4-14(18)9-13/h2-4,9,12,15-16,21H,5-8,10-11H2,1H3/t12-,15+,16-/m0/s1. The fraction of sp³-hybridized carbons (Fsp3) is 0.588. The van der Waals surface area contributed by atoms with Crippen molar-refractivity contribution >= 4 is 5.91 Å². The van der Waals surface area contributed by atoms with E-state index in [-0.39, 0.29) is 29.7 Å². The summed E-state index contributed by atoms with van der Waals surface area (Å²) < 4.78 is 13.3.